The summed E-state index contributed by atoms with van der Waals surface area (Å²) in [4.78, 5) is 8.30. The second kappa shape index (κ2) is 8.27. The molecule has 0 atom stereocenters. The second-order valence-electron chi connectivity index (χ2n) is 8.97. The molecule has 0 radical (unpaired) electrons. The lowest BCUT2D eigenvalue weighted by Crippen LogP contribution is -2.45. The van der Waals surface area contributed by atoms with E-state index in [9.17, 15) is 0 Å². The molecule has 1 heterocycles. The van der Waals surface area contributed by atoms with E-state index >= 15 is 0 Å². The lowest BCUT2D eigenvalue weighted by molar-refractivity contribution is 0.0733. The van der Waals surface area contributed by atoms with Crippen LogP contribution in [0.3, 0.4) is 0 Å². The molecule has 1 aromatic carbocycles. The van der Waals surface area contributed by atoms with Gasteiger partial charge in [0.2, 0.25) is 5.28 Å². The van der Waals surface area contributed by atoms with Crippen LogP contribution in [0.25, 0.3) is 10.9 Å². The molecule has 0 unspecified atom stereocenters. The molecule has 1 saturated carbocycles. The van der Waals surface area contributed by atoms with Gasteiger partial charge in [0.15, 0.2) is 14.1 Å². The standard InChI is InChI=1S/C20H27Cl3N2O2Si/c1-20(2,3)28(4,5)27-13-8-6-12(7-9-13)26-18-16(22)10-15(21)14-11-24-19(23)25-17(14)18/h10-13H,6-9H2,1-5H3. The van der Waals surface area contributed by atoms with Crippen molar-refractivity contribution >= 4 is 54.0 Å². The predicted molar refractivity (Wildman–Crippen MR) is 120 cm³/mol. The van der Waals surface area contributed by atoms with Crippen molar-refractivity contribution in [3.63, 3.8) is 0 Å². The highest BCUT2D eigenvalue weighted by molar-refractivity contribution is 6.74. The first-order chi connectivity index (χ1) is 13.0. The molecule has 0 spiro atoms. The number of aromatic nitrogens is 2. The van der Waals surface area contributed by atoms with Crippen LogP contribution in [-0.4, -0.2) is 30.5 Å². The molecule has 1 fully saturated rings. The van der Waals surface area contributed by atoms with Gasteiger partial charge in [-0.15, -0.1) is 0 Å². The number of nitrogens with zero attached hydrogens (tertiary/aromatic N) is 2. The smallest absolute Gasteiger partial charge is 0.223 e. The van der Waals surface area contributed by atoms with Gasteiger partial charge in [0.1, 0.15) is 5.52 Å². The molecule has 0 bridgehead atoms. The first-order valence-electron chi connectivity index (χ1n) is 9.62. The van der Waals surface area contributed by atoms with Crippen molar-refractivity contribution in [1.82, 2.24) is 9.97 Å². The van der Waals surface area contributed by atoms with Gasteiger partial charge in [0.05, 0.1) is 16.1 Å². The lowest BCUT2D eigenvalue weighted by atomic mass is 9.95. The minimum absolute atomic E-state index is 0.0647. The Morgan fingerprint density at radius 2 is 1.61 bits per heavy atom. The summed E-state index contributed by atoms with van der Waals surface area (Å²) in [5.74, 6) is 0.527. The van der Waals surface area contributed by atoms with E-state index in [4.69, 9.17) is 44.0 Å². The summed E-state index contributed by atoms with van der Waals surface area (Å²) in [7, 11) is -1.75. The molecule has 2 aromatic rings. The average molecular weight is 462 g/mol. The minimum Gasteiger partial charge on any atom is -0.487 e. The Hall–Kier alpha value is -0.593. The van der Waals surface area contributed by atoms with Crippen LogP contribution in [0.15, 0.2) is 12.3 Å². The molecule has 0 saturated heterocycles. The molecule has 1 aliphatic carbocycles. The molecule has 0 N–H and O–H groups in total. The summed E-state index contributed by atoms with van der Waals surface area (Å²) in [6.07, 6.45) is 5.76. The van der Waals surface area contributed by atoms with Crippen LogP contribution < -0.4 is 4.74 Å². The SMILES string of the molecule is CC(C)(C)[Si](C)(C)OC1CCC(Oc2c(Cl)cc(Cl)c3cnc(Cl)nc23)CC1. The second-order valence-corrected chi connectivity index (χ2v) is 14.9. The third-order valence-corrected chi connectivity index (χ3v) is 11.2. The van der Waals surface area contributed by atoms with Crippen LogP contribution >= 0.6 is 34.8 Å². The predicted octanol–water partition coefficient (Wildman–Crippen LogP) is 7.30. The fourth-order valence-electron chi connectivity index (χ4n) is 3.22. The van der Waals surface area contributed by atoms with E-state index in [1.54, 1.807) is 12.3 Å². The van der Waals surface area contributed by atoms with Crippen molar-refractivity contribution in [2.75, 3.05) is 0 Å². The molecule has 154 valence electrons. The Bertz CT molecular complexity index is 863. The number of hydrogen-bond donors (Lipinski definition) is 0. The van der Waals surface area contributed by atoms with Gasteiger partial charge in [-0.2, -0.15) is 0 Å². The zero-order valence-electron chi connectivity index (χ0n) is 17.0. The first-order valence-corrected chi connectivity index (χ1v) is 13.7. The number of hydrogen-bond acceptors (Lipinski definition) is 4. The monoisotopic (exact) mass is 460 g/mol. The summed E-state index contributed by atoms with van der Waals surface area (Å²) in [6.45, 7) is 11.4. The Labute approximate surface area is 183 Å². The molecule has 1 aromatic heterocycles. The van der Waals surface area contributed by atoms with Gasteiger partial charge in [0, 0.05) is 17.7 Å². The van der Waals surface area contributed by atoms with Crippen molar-refractivity contribution in [2.24, 2.45) is 0 Å². The van der Waals surface area contributed by atoms with Gasteiger partial charge in [-0.3, -0.25) is 0 Å². The molecule has 4 nitrogen and oxygen atoms in total. The highest BCUT2D eigenvalue weighted by Crippen LogP contribution is 2.41. The lowest BCUT2D eigenvalue weighted by Gasteiger charge is -2.41. The van der Waals surface area contributed by atoms with Gasteiger partial charge in [-0.1, -0.05) is 44.0 Å². The van der Waals surface area contributed by atoms with Crippen molar-refractivity contribution in [3.05, 3.63) is 27.6 Å². The molecular formula is C20H27Cl3N2O2Si. The van der Waals surface area contributed by atoms with Gasteiger partial charge >= 0.3 is 0 Å². The molecule has 0 amide bonds. The minimum atomic E-state index is -1.75. The molecular weight excluding hydrogens is 435 g/mol. The van der Waals surface area contributed by atoms with Crippen molar-refractivity contribution < 1.29 is 9.16 Å². The van der Waals surface area contributed by atoms with E-state index in [1.807, 2.05) is 0 Å². The van der Waals surface area contributed by atoms with Crippen molar-refractivity contribution in [3.8, 4) is 5.75 Å². The number of fused-ring (bicyclic) bond motifs is 1. The Morgan fingerprint density at radius 1 is 1.00 bits per heavy atom. The largest absolute Gasteiger partial charge is 0.487 e. The quantitative estimate of drug-likeness (QED) is 0.354. The van der Waals surface area contributed by atoms with Crippen LogP contribution in [0.5, 0.6) is 5.75 Å². The van der Waals surface area contributed by atoms with E-state index in [0.717, 1.165) is 25.7 Å². The summed E-state index contributed by atoms with van der Waals surface area (Å²) >= 11 is 18.7. The number of rotatable bonds is 4. The summed E-state index contributed by atoms with van der Waals surface area (Å²) in [6, 6.07) is 1.67. The number of ether oxygens (including phenoxy) is 1. The summed E-state index contributed by atoms with van der Waals surface area (Å²) in [5.41, 5.74) is 0.553. The van der Waals surface area contributed by atoms with E-state index in [0.29, 0.717) is 32.8 Å². The van der Waals surface area contributed by atoms with Crippen molar-refractivity contribution in [1.29, 1.82) is 0 Å². The first kappa shape index (κ1) is 22.1. The third kappa shape index (κ3) is 4.76. The van der Waals surface area contributed by atoms with Crippen LogP contribution in [0.4, 0.5) is 0 Å². The normalized spacial score (nSPS) is 21.1. The molecule has 3 rings (SSSR count). The maximum atomic E-state index is 6.57. The van der Waals surface area contributed by atoms with Crippen LogP contribution in [-0.2, 0) is 4.43 Å². The zero-order valence-corrected chi connectivity index (χ0v) is 20.3. The zero-order chi connectivity index (χ0) is 20.7. The van der Waals surface area contributed by atoms with Gasteiger partial charge < -0.3 is 9.16 Å². The van der Waals surface area contributed by atoms with Crippen LogP contribution in [0.2, 0.25) is 33.5 Å². The Kier molecular flexibility index (Phi) is 6.53. The molecule has 8 heteroatoms. The highest BCUT2D eigenvalue weighted by Gasteiger charge is 2.40. The molecule has 28 heavy (non-hydrogen) atoms. The Balaban J connectivity index is 1.71. The number of benzene rings is 1. The van der Waals surface area contributed by atoms with Crippen molar-refractivity contribution in [2.45, 2.75) is 76.8 Å². The maximum absolute atomic E-state index is 6.57. The fourth-order valence-corrected chi connectivity index (χ4v) is 5.32. The number of halogens is 3. The Morgan fingerprint density at radius 3 is 2.21 bits per heavy atom. The maximum Gasteiger partial charge on any atom is 0.223 e. The summed E-state index contributed by atoms with van der Waals surface area (Å²) < 4.78 is 12.8. The molecule has 0 aliphatic heterocycles. The van der Waals surface area contributed by atoms with E-state index in [1.165, 1.54) is 0 Å². The average Bonchev–Trinajstić information content (AvgIpc) is 2.58. The van der Waals surface area contributed by atoms with Gasteiger partial charge in [0.25, 0.3) is 0 Å². The molecule has 1 aliphatic rings. The van der Waals surface area contributed by atoms with Crippen LogP contribution in [0.1, 0.15) is 46.5 Å². The van der Waals surface area contributed by atoms with E-state index in [2.05, 4.69) is 43.8 Å². The summed E-state index contributed by atoms with van der Waals surface area (Å²) in [5, 5.41) is 1.96. The van der Waals surface area contributed by atoms with E-state index in [-0.39, 0.29) is 16.4 Å². The van der Waals surface area contributed by atoms with E-state index < -0.39 is 8.32 Å². The van der Waals surface area contributed by atoms with Gasteiger partial charge in [-0.05, 0) is 61.5 Å². The highest BCUT2D eigenvalue weighted by atomic mass is 35.5. The van der Waals surface area contributed by atoms with Crippen LogP contribution in [0, 0.1) is 0 Å². The third-order valence-electron chi connectivity index (χ3n) is 5.88. The fraction of sp³-hybridized carbons (Fsp3) is 0.600. The van der Waals surface area contributed by atoms with Gasteiger partial charge in [-0.25, -0.2) is 9.97 Å². The topological polar surface area (TPSA) is 44.2 Å².